The third kappa shape index (κ3) is 6.90. The van der Waals surface area contributed by atoms with Crippen LogP contribution >= 0.6 is 0 Å². The summed E-state index contributed by atoms with van der Waals surface area (Å²) in [4.78, 5) is 47.4. The maximum absolute atomic E-state index is 15.3. The van der Waals surface area contributed by atoms with Gasteiger partial charge in [-0.2, -0.15) is 0 Å². The van der Waals surface area contributed by atoms with Gasteiger partial charge in [0, 0.05) is 24.2 Å². The zero-order valence-corrected chi connectivity index (χ0v) is 31.5. The van der Waals surface area contributed by atoms with Crippen LogP contribution in [0.25, 0.3) is 0 Å². The van der Waals surface area contributed by atoms with E-state index < -0.39 is 59.5 Å². The van der Waals surface area contributed by atoms with Gasteiger partial charge in [-0.15, -0.1) is 0 Å². The van der Waals surface area contributed by atoms with Crippen molar-refractivity contribution in [1.29, 1.82) is 0 Å². The SMILES string of the molecule is O=C1O[C@H](c2ccccc2)[C@H](c2ccccc2)N2[C@H]1[C@@H](C(=O)NC[C@H](O)c1ccccc1)[C@]1(C(=O)Nc3ccc(C#CCCO)cc31)[C@H]2c1ccc(OCCO)cc1. The Morgan fingerprint density at radius 3 is 2.17 bits per heavy atom. The lowest BCUT2D eigenvalue weighted by atomic mass is 9.65. The molecule has 294 valence electrons. The van der Waals surface area contributed by atoms with Crippen LogP contribution in [0.3, 0.4) is 0 Å². The molecule has 5 aromatic rings. The zero-order chi connectivity index (χ0) is 40.2. The number of benzene rings is 5. The van der Waals surface area contributed by atoms with E-state index in [0.29, 0.717) is 33.7 Å². The number of hydrogen-bond donors (Lipinski definition) is 5. The average molecular weight is 778 g/mol. The van der Waals surface area contributed by atoms with Crippen molar-refractivity contribution in [1.82, 2.24) is 10.2 Å². The summed E-state index contributed by atoms with van der Waals surface area (Å²) in [5.74, 6) is 3.40. The number of fused-ring (bicyclic) bond motifs is 3. The molecule has 3 aliphatic rings. The van der Waals surface area contributed by atoms with E-state index in [-0.39, 0.29) is 32.8 Å². The summed E-state index contributed by atoms with van der Waals surface area (Å²) < 4.78 is 12.2. The summed E-state index contributed by atoms with van der Waals surface area (Å²) >= 11 is 0. The number of aliphatic hydroxyl groups excluding tert-OH is 3. The highest BCUT2D eigenvalue weighted by atomic mass is 16.6. The number of ether oxygens (including phenoxy) is 2. The van der Waals surface area contributed by atoms with E-state index in [1.165, 1.54) is 0 Å². The van der Waals surface area contributed by atoms with Crippen LogP contribution < -0.4 is 15.4 Å². The summed E-state index contributed by atoms with van der Waals surface area (Å²) in [6, 6.07) is 37.5. The first-order chi connectivity index (χ1) is 28.4. The largest absolute Gasteiger partial charge is 0.491 e. The molecule has 5 aromatic carbocycles. The van der Waals surface area contributed by atoms with E-state index in [1.807, 2.05) is 83.8 Å². The summed E-state index contributed by atoms with van der Waals surface area (Å²) in [5, 5.41) is 36.1. The molecule has 11 heteroatoms. The van der Waals surface area contributed by atoms with Crippen molar-refractivity contribution in [2.75, 3.05) is 31.7 Å². The fraction of sp³-hybridized carbons (Fsp3) is 0.255. The van der Waals surface area contributed by atoms with E-state index >= 15 is 9.59 Å². The molecule has 3 heterocycles. The zero-order valence-electron chi connectivity index (χ0n) is 31.5. The minimum Gasteiger partial charge on any atom is -0.491 e. The van der Waals surface area contributed by atoms with E-state index in [1.54, 1.807) is 54.6 Å². The lowest BCUT2D eigenvalue weighted by Crippen LogP contribution is -2.55. The van der Waals surface area contributed by atoms with Crippen molar-refractivity contribution >= 4 is 23.5 Å². The number of nitrogens with zero attached hydrogens (tertiary/aromatic N) is 1. The minimum atomic E-state index is -1.75. The molecule has 58 heavy (non-hydrogen) atoms. The van der Waals surface area contributed by atoms with Crippen molar-refractivity contribution in [3.63, 3.8) is 0 Å². The first-order valence-corrected chi connectivity index (χ1v) is 19.3. The molecule has 2 fully saturated rings. The number of carbonyl (C=O) groups is 3. The number of cyclic esters (lactones) is 1. The summed E-state index contributed by atoms with van der Waals surface area (Å²) in [7, 11) is 0. The second-order valence-corrected chi connectivity index (χ2v) is 14.6. The molecular formula is C47H43N3O8. The van der Waals surface area contributed by atoms with Crippen LogP contribution in [0.5, 0.6) is 5.75 Å². The highest BCUT2D eigenvalue weighted by Gasteiger charge is 2.74. The van der Waals surface area contributed by atoms with Crippen LogP contribution in [0.2, 0.25) is 0 Å². The molecule has 0 aliphatic carbocycles. The number of aliphatic hydroxyl groups is 3. The predicted molar refractivity (Wildman–Crippen MR) is 215 cm³/mol. The van der Waals surface area contributed by atoms with Crippen LogP contribution in [-0.2, 0) is 24.5 Å². The minimum absolute atomic E-state index is 0.0779. The Kier molecular flexibility index (Phi) is 11.1. The average Bonchev–Trinajstić information content (AvgIpc) is 3.74. The Labute approximate surface area is 336 Å². The number of nitrogens with one attached hydrogen (secondary N) is 2. The lowest BCUT2D eigenvalue weighted by Gasteiger charge is -2.46. The monoisotopic (exact) mass is 777 g/mol. The van der Waals surface area contributed by atoms with Crippen LogP contribution in [0, 0.1) is 17.8 Å². The summed E-state index contributed by atoms with van der Waals surface area (Å²) in [5.41, 5.74) is 2.52. The third-order valence-corrected chi connectivity index (χ3v) is 11.3. The van der Waals surface area contributed by atoms with Crippen molar-refractivity contribution in [2.24, 2.45) is 5.92 Å². The van der Waals surface area contributed by atoms with Crippen LogP contribution in [0.15, 0.2) is 133 Å². The van der Waals surface area contributed by atoms with Gasteiger partial charge in [0.2, 0.25) is 11.8 Å². The first kappa shape index (κ1) is 38.6. The first-order valence-electron chi connectivity index (χ1n) is 19.3. The van der Waals surface area contributed by atoms with Gasteiger partial charge >= 0.3 is 5.97 Å². The maximum Gasteiger partial charge on any atom is 0.324 e. The Hall–Kier alpha value is -6.29. The smallest absolute Gasteiger partial charge is 0.324 e. The van der Waals surface area contributed by atoms with Gasteiger partial charge < -0.3 is 35.4 Å². The van der Waals surface area contributed by atoms with Crippen molar-refractivity contribution in [3.8, 4) is 17.6 Å². The number of carbonyl (C=O) groups excluding carboxylic acids is 3. The third-order valence-electron chi connectivity index (χ3n) is 11.3. The molecular weight excluding hydrogens is 735 g/mol. The standard InChI is InChI=1S/C47H43N3O8/c51-25-11-10-12-30-19-24-37-36(28-30)47(46(56)49-37)39(44(54)48-29-38(53)31-13-4-1-5-14-31)41-45(55)58-42(33-17-8-3-9-18-33)40(32-15-6-2-7-16-32)50(41)43(47)34-20-22-35(23-21-34)57-27-26-52/h1-9,13-24,28,38-43,51-53H,11,25-27,29H2,(H,48,54)(H,49,56)/t38-,39-,40-,41-,42+,43+,47-/m0/s1. The highest BCUT2D eigenvalue weighted by molar-refractivity contribution is 6.12. The second-order valence-electron chi connectivity index (χ2n) is 14.6. The van der Waals surface area contributed by atoms with Gasteiger partial charge in [-0.25, -0.2) is 0 Å². The second kappa shape index (κ2) is 16.7. The predicted octanol–water partition coefficient (Wildman–Crippen LogP) is 4.91. The van der Waals surface area contributed by atoms with Crippen LogP contribution in [0.4, 0.5) is 5.69 Å². The van der Waals surface area contributed by atoms with Gasteiger partial charge in [-0.1, -0.05) is 115 Å². The van der Waals surface area contributed by atoms with E-state index in [4.69, 9.17) is 9.47 Å². The molecule has 7 atom stereocenters. The van der Waals surface area contributed by atoms with Crippen LogP contribution in [-0.4, -0.2) is 70.4 Å². The number of amides is 2. The van der Waals surface area contributed by atoms with Gasteiger partial charge in [0.25, 0.3) is 0 Å². The van der Waals surface area contributed by atoms with Gasteiger partial charge in [-0.3, -0.25) is 19.3 Å². The number of hydrogen-bond acceptors (Lipinski definition) is 9. The molecule has 5 N–H and O–H groups in total. The molecule has 3 aliphatic heterocycles. The molecule has 0 unspecified atom stereocenters. The van der Waals surface area contributed by atoms with Crippen molar-refractivity contribution in [3.05, 3.63) is 167 Å². The Balaban J connectivity index is 1.38. The van der Waals surface area contributed by atoms with E-state index in [2.05, 4.69) is 22.5 Å². The number of esters is 1. The molecule has 0 bridgehead atoms. The summed E-state index contributed by atoms with van der Waals surface area (Å²) in [6.45, 7) is -0.411. The molecule has 1 spiro atoms. The lowest BCUT2D eigenvalue weighted by molar-refractivity contribution is -0.178. The number of rotatable bonds is 11. The molecule has 2 saturated heterocycles. The molecule has 11 nitrogen and oxygen atoms in total. The van der Waals surface area contributed by atoms with Gasteiger partial charge in [0.1, 0.15) is 29.9 Å². The highest BCUT2D eigenvalue weighted by Crippen LogP contribution is 2.64. The summed E-state index contributed by atoms with van der Waals surface area (Å²) in [6.07, 6.45) is -1.67. The van der Waals surface area contributed by atoms with E-state index in [9.17, 15) is 20.1 Å². The quantitative estimate of drug-likeness (QED) is 0.0929. The molecule has 8 rings (SSSR count). The molecule has 0 radical (unpaired) electrons. The number of anilines is 1. The molecule has 2 amide bonds. The topological polar surface area (TPSA) is 158 Å². The van der Waals surface area contributed by atoms with Gasteiger partial charge in [0.05, 0.1) is 37.3 Å². The van der Waals surface area contributed by atoms with Gasteiger partial charge in [-0.05, 0) is 58.1 Å². The Morgan fingerprint density at radius 2 is 1.50 bits per heavy atom. The van der Waals surface area contributed by atoms with Crippen molar-refractivity contribution < 1.29 is 39.2 Å². The number of morpholine rings is 1. The fourth-order valence-electron chi connectivity index (χ4n) is 8.90. The van der Waals surface area contributed by atoms with E-state index in [0.717, 1.165) is 11.1 Å². The maximum atomic E-state index is 15.3. The normalized spacial score (nSPS) is 23.8. The van der Waals surface area contributed by atoms with Gasteiger partial charge in [0.15, 0.2) is 0 Å². The van der Waals surface area contributed by atoms with Crippen LogP contribution in [0.1, 0.15) is 64.1 Å². The Bertz CT molecular complexity index is 2330. The Morgan fingerprint density at radius 1 is 0.828 bits per heavy atom. The van der Waals surface area contributed by atoms with Crippen molar-refractivity contribution in [2.45, 2.75) is 42.2 Å². The fourth-order valence-corrected chi connectivity index (χ4v) is 8.90. The molecule has 0 aromatic heterocycles. The molecule has 0 saturated carbocycles.